The number of aromatic nitrogens is 2. The van der Waals surface area contributed by atoms with Crippen molar-refractivity contribution in [2.75, 3.05) is 36.5 Å². The molecule has 1 saturated heterocycles. The van der Waals surface area contributed by atoms with E-state index in [4.69, 9.17) is 14.7 Å². The number of morpholine rings is 1. The quantitative estimate of drug-likeness (QED) is 0.540. The molecule has 8 nitrogen and oxygen atoms in total. The van der Waals surface area contributed by atoms with E-state index in [0.717, 1.165) is 41.3 Å². The predicted octanol–water partition coefficient (Wildman–Crippen LogP) is 4.17. The molecule has 0 spiro atoms. The first-order valence-corrected chi connectivity index (χ1v) is 12.4. The van der Waals surface area contributed by atoms with Gasteiger partial charge < -0.3 is 20.3 Å². The highest BCUT2D eigenvalue weighted by Crippen LogP contribution is 2.34. The second kappa shape index (κ2) is 10.6. The Morgan fingerprint density at radius 2 is 1.89 bits per heavy atom. The number of ether oxygens (including phenoxy) is 1. The zero-order chi connectivity index (χ0) is 25.1. The zero-order valence-electron chi connectivity index (χ0n) is 20.6. The van der Waals surface area contributed by atoms with Crippen molar-refractivity contribution in [2.45, 2.75) is 39.5 Å². The van der Waals surface area contributed by atoms with Gasteiger partial charge in [0.25, 0.3) is 0 Å². The fourth-order valence-electron chi connectivity index (χ4n) is 4.71. The Morgan fingerprint density at radius 3 is 2.61 bits per heavy atom. The Hall–Kier alpha value is -3.56. The number of benzene rings is 2. The van der Waals surface area contributed by atoms with E-state index in [1.165, 1.54) is 12.1 Å². The molecular weight excluding hydrogens is 459 g/mol. The minimum atomic E-state index is -0.233. The molecule has 0 aliphatic carbocycles. The molecule has 1 atom stereocenters. The van der Waals surface area contributed by atoms with Gasteiger partial charge in [0.15, 0.2) is 5.82 Å². The summed E-state index contributed by atoms with van der Waals surface area (Å²) in [6.45, 7) is 8.84. The molecule has 2 N–H and O–H groups in total. The highest BCUT2D eigenvalue weighted by Gasteiger charge is 2.31. The number of nitrogens with one attached hydrogen (secondary N) is 2. The molecule has 3 aromatic rings. The van der Waals surface area contributed by atoms with E-state index in [-0.39, 0.29) is 17.9 Å². The van der Waals surface area contributed by atoms with Gasteiger partial charge in [-0.3, -0.25) is 4.90 Å². The molecule has 1 fully saturated rings. The number of hydrogen-bond donors (Lipinski definition) is 2. The maximum atomic E-state index is 13.4. The minimum absolute atomic E-state index is 0.209. The van der Waals surface area contributed by atoms with E-state index in [2.05, 4.69) is 27.4 Å². The van der Waals surface area contributed by atoms with Crippen molar-refractivity contribution < 1.29 is 13.9 Å². The van der Waals surface area contributed by atoms with E-state index in [9.17, 15) is 9.18 Å². The number of rotatable bonds is 6. The van der Waals surface area contributed by atoms with Gasteiger partial charge in [-0.2, -0.15) is 0 Å². The summed E-state index contributed by atoms with van der Waals surface area (Å²) in [4.78, 5) is 26.5. The van der Waals surface area contributed by atoms with Crippen LogP contribution in [-0.2, 0) is 24.4 Å². The molecule has 2 aliphatic rings. The van der Waals surface area contributed by atoms with Gasteiger partial charge in [0.2, 0.25) is 0 Å². The fraction of sp³-hybridized carbons (Fsp3) is 0.370. The highest BCUT2D eigenvalue weighted by molar-refractivity contribution is 5.89. The highest BCUT2D eigenvalue weighted by atomic mass is 19.1. The van der Waals surface area contributed by atoms with Gasteiger partial charge in [-0.15, -0.1) is 0 Å². The Labute approximate surface area is 210 Å². The summed E-state index contributed by atoms with van der Waals surface area (Å²) in [6, 6.07) is 14.2. The smallest absolute Gasteiger partial charge is 0.319 e. The van der Waals surface area contributed by atoms with Crippen molar-refractivity contribution in [3.63, 3.8) is 0 Å². The molecule has 0 unspecified atom stereocenters. The maximum absolute atomic E-state index is 13.4. The Bertz CT molecular complexity index is 1220. The summed E-state index contributed by atoms with van der Waals surface area (Å²) in [7, 11) is 0. The van der Waals surface area contributed by atoms with Crippen LogP contribution in [0.5, 0.6) is 0 Å². The second-order valence-electron chi connectivity index (χ2n) is 9.25. The van der Waals surface area contributed by atoms with Crippen molar-refractivity contribution in [1.82, 2.24) is 20.2 Å². The number of hydrogen-bond acceptors (Lipinski definition) is 6. The second-order valence-corrected chi connectivity index (χ2v) is 9.25. The van der Waals surface area contributed by atoms with Crippen LogP contribution >= 0.6 is 0 Å². The molecule has 1 aromatic heterocycles. The molecule has 9 heteroatoms. The number of nitrogens with zero attached hydrogens (tertiary/aromatic N) is 4. The van der Waals surface area contributed by atoms with Crippen molar-refractivity contribution in [2.24, 2.45) is 0 Å². The number of fused-ring (bicyclic) bond motifs is 1. The first kappa shape index (κ1) is 24.1. The van der Waals surface area contributed by atoms with Crippen molar-refractivity contribution in [3.8, 4) is 11.4 Å². The summed E-state index contributed by atoms with van der Waals surface area (Å²) < 4.78 is 19.0. The van der Waals surface area contributed by atoms with Crippen LogP contribution in [-0.4, -0.2) is 53.2 Å². The predicted molar refractivity (Wildman–Crippen MR) is 137 cm³/mol. The molecule has 3 heterocycles. The lowest BCUT2D eigenvalue weighted by molar-refractivity contribution is 0.0984. The van der Waals surface area contributed by atoms with Crippen molar-refractivity contribution in [3.05, 3.63) is 71.2 Å². The van der Waals surface area contributed by atoms with Crippen molar-refractivity contribution >= 4 is 17.5 Å². The van der Waals surface area contributed by atoms with E-state index >= 15 is 0 Å². The first-order chi connectivity index (χ1) is 17.5. The average molecular weight is 491 g/mol. The Morgan fingerprint density at radius 1 is 1.11 bits per heavy atom. The van der Waals surface area contributed by atoms with Gasteiger partial charge in [-0.1, -0.05) is 12.1 Å². The third-order valence-electron chi connectivity index (χ3n) is 6.52. The van der Waals surface area contributed by atoms with E-state index in [1.807, 2.05) is 43.3 Å². The molecule has 188 valence electrons. The van der Waals surface area contributed by atoms with Crippen LogP contribution in [0, 0.1) is 5.82 Å². The lowest BCUT2D eigenvalue weighted by Gasteiger charge is -2.35. The molecule has 36 heavy (non-hydrogen) atoms. The molecule has 2 amide bonds. The van der Waals surface area contributed by atoms with Crippen LogP contribution in [0.4, 0.5) is 20.7 Å². The molecular formula is C27H31FN6O2. The number of urea groups is 1. The minimum Gasteiger partial charge on any atom is -0.377 e. The molecule has 5 rings (SSSR count). The fourth-order valence-corrected chi connectivity index (χ4v) is 4.71. The summed E-state index contributed by atoms with van der Waals surface area (Å²) in [5.41, 5.74) is 4.81. The van der Waals surface area contributed by atoms with E-state index in [1.54, 1.807) is 0 Å². The lowest BCUT2D eigenvalue weighted by atomic mass is 10.1. The topological polar surface area (TPSA) is 82.6 Å². The monoisotopic (exact) mass is 490 g/mol. The van der Waals surface area contributed by atoms with E-state index in [0.29, 0.717) is 44.4 Å². The molecule has 2 aromatic carbocycles. The number of anilines is 2. The van der Waals surface area contributed by atoms with Crippen LogP contribution in [0.3, 0.4) is 0 Å². The van der Waals surface area contributed by atoms with E-state index < -0.39 is 0 Å². The third kappa shape index (κ3) is 5.32. The third-order valence-corrected chi connectivity index (χ3v) is 6.52. The van der Waals surface area contributed by atoms with Crippen LogP contribution in [0.2, 0.25) is 0 Å². The summed E-state index contributed by atoms with van der Waals surface area (Å²) in [5, 5.41) is 5.55. The number of halogens is 1. The summed E-state index contributed by atoms with van der Waals surface area (Å²) in [5.74, 6) is 1.39. The lowest BCUT2D eigenvalue weighted by Crippen LogP contribution is -2.44. The van der Waals surface area contributed by atoms with Crippen LogP contribution in [0.1, 0.15) is 30.7 Å². The molecule has 0 saturated carbocycles. The number of carbonyl (C=O) groups excluding carboxylic acids is 1. The largest absolute Gasteiger partial charge is 0.377 e. The summed E-state index contributed by atoms with van der Waals surface area (Å²) in [6.07, 6.45) is 0. The SMILES string of the molecule is CCNC(=O)Nc1ccc(-c2nc3c(c(N4CCOC[C@@H]4C)n2)CN(Cc2ccc(F)cc2)C3)cc1. The number of carbonyl (C=O) groups is 1. The van der Waals surface area contributed by atoms with Gasteiger partial charge >= 0.3 is 6.03 Å². The normalized spacial score (nSPS) is 17.6. The zero-order valence-corrected chi connectivity index (χ0v) is 20.6. The summed E-state index contributed by atoms with van der Waals surface area (Å²) >= 11 is 0. The Balaban J connectivity index is 1.43. The van der Waals surface area contributed by atoms with Gasteiger partial charge in [0.1, 0.15) is 11.6 Å². The van der Waals surface area contributed by atoms with Crippen LogP contribution < -0.4 is 15.5 Å². The van der Waals surface area contributed by atoms with Gasteiger partial charge in [-0.25, -0.2) is 19.2 Å². The van der Waals surface area contributed by atoms with Crippen LogP contribution in [0.25, 0.3) is 11.4 Å². The maximum Gasteiger partial charge on any atom is 0.319 e. The first-order valence-electron chi connectivity index (χ1n) is 12.4. The van der Waals surface area contributed by atoms with Gasteiger partial charge in [-0.05, 0) is 55.8 Å². The Kier molecular flexibility index (Phi) is 7.11. The number of amides is 2. The molecule has 0 radical (unpaired) electrons. The van der Waals surface area contributed by atoms with Gasteiger partial charge in [0, 0.05) is 49.5 Å². The average Bonchev–Trinajstić information content (AvgIpc) is 3.28. The molecule has 0 bridgehead atoms. The van der Waals surface area contributed by atoms with Gasteiger partial charge in [0.05, 0.1) is 24.9 Å². The van der Waals surface area contributed by atoms with Crippen LogP contribution in [0.15, 0.2) is 48.5 Å². The van der Waals surface area contributed by atoms with Crippen molar-refractivity contribution in [1.29, 1.82) is 0 Å². The standard InChI is InChI=1S/C27H31FN6O2/c1-3-29-27(35)30-22-10-6-20(7-11-22)25-31-24-16-33(14-19-4-8-21(28)9-5-19)15-23(24)26(32-25)34-12-13-36-17-18(34)2/h4-11,18H,3,12-17H2,1-2H3,(H2,29,30,35)/t18-/m0/s1. The molecule has 2 aliphatic heterocycles.